The highest BCUT2D eigenvalue weighted by atomic mass is 32.1. The van der Waals surface area contributed by atoms with Crippen molar-refractivity contribution in [3.63, 3.8) is 0 Å². The molecule has 2 heterocycles. The normalized spacial score (nSPS) is 15.7. The van der Waals surface area contributed by atoms with E-state index in [9.17, 15) is 4.79 Å². The Balaban J connectivity index is 1.61. The van der Waals surface area contributed by atoms with Crippen LogP contribution >= 0.6 is 12.2 Å². The fourth-order valence-electron chi connectivity index (χ4n) is 3.86. The monoisotopic (exact) mass is 437 g/mol. The first-order valence-corrected chi connectivity index (χ1v) is 10.9. The number of aryl methyl sites for hydroxylation is 1. The van der Waals surface area contributed by atoms with Gasteiger partial charge in [0.05, 0.1) is 19.8 Å². The van der Waals surface area contributed by atoms with Gasteiger partial charge in [0.15, 0.2) is 5.11 Å². The molecule has 2 N–H and O–H groups in total. The topological polar surface area (TPSA) is 66.6 Å². The minimum atomic E-state index is -0.117. The summed E-state index contributed by atoms with van der Waals surface area (Å²) in [4.78, 5) is 17.8. The van der Waals surface area contributed by atoms with Gasteiger partial charge in [-0.05, 0) is 73.9 Å². The van der Waals surface area contributed by atoms with Crippen molar-refractivity contribution in [2.45, 2.75) is 32.4 Å². The second-order valence-corrected chi connectivity index (χ2v) is 8.28. The molecule has 0 radical (unpaired) electrons. The summed E-state index contributed by atoms with van der Waals surface area (Å²) in [5.41, 5.74) is 3.39. The minimum absolute atomic E-state index is 0.108. The first kappa shape index (κ1) is 21.3. The molecule has 6 nitrogen and oxygen atoms in total. The molecular formula is C24H27N3O3S. The summed E-state index contributed by atoms with van der Waals surface area (Å²) in [6.07, 6.45) is 2.15. The molecule has 7 heteroatoms. The van der Waals surface area contributed by atoms with E-state index in [-0.39, 0.29) is 11.7 Å². The predicted octanol–water partition coefficient (Wildman–Crippen LogP) is 4.22. The van der Waals surface area contributed by atoms with Crippen molar-refractivity contribution in [3.8, 4) is 5.75 Å². The van der Waals surface area contributed by atoms with E-state index in [1.165, 1.54) is 0 Å². The molecule has 4 rings (SSSR count). The number of thiocarbonyl (C=S) groups is 1. The molecule has 162 valence electrons. The fourth-order valence-corrected chi connectivity index (χ4v) is 4.12. The number of anilines is 1. The van der Waals surface area contributed by atoms with Gasteiger partial charge in [0.2, 0.25) is 0 Å². The molecule has 2 aromatic carbocycles. The van der Waals surface area contributed by atoms with Crippen molar-refractivity contribution in [1.29, 1.82) is 0 Å². The first-order valence-electron chi connectivity index (χ1n) is 10.5. The van der Waals surface area contributed by atoms with Crippen molar-refractivity contribution >= 4 is 33.9 Å². The largest absolute Gasteiger partial charge is 0.497 e. The average Bonchev–Trinajstić information content (AvgIpc) is 3.26. The van der Waals surface area contributed by atoms with E-state index in [0.717, 1.165) is 47.4 Å². The maximum atomic E-state index is 12.8. The van der Waals surface area contributed by atoms with Crippen LogP contribution in [0.15, 0.2) is 53.3 Å². The SMILES string of the molecule is COc1ccc2[nH]c(=O)c(CN(C[C@@H]3CCCO3)C(=S)Nc3cccc(C)c3)cc2c1. The lowest BCUT2D eigenvalue weighted by atomic mass is 10.1. The van der Waals surface area contributed by atoms with Gasteiger partial charge in [-0.1, -0.05) is 12.1 Å². The van der Waals surface area contributed by atoms with E-state index in [4.69, 9.17) is 21.7 Å². The van der Waals surface area contributed by atoms with Gasteiger partial charge < -0.3 is 24.7 Å². The van der Waals surface area contributed by atoms with Gasteiger partial charge in [-0.25, -0.2) is 0 Å². The van der Waals surface area contributed by atoms with Crippen LogP contribution in [0.3, 0.4) is 0 Å². The number of aromatic nitrogens is 1. The number of aromatic amines is 1. The lowest BCUT2D eigenvalue weighted by molar-refractivity contribution is 0.0904. The van der Waals surface area contributed by atoms with E-state index in [1.54, 1.807) is 7.11 Å². The Morgan fingerprint density at radius 1 is 1.29 bits per heavy atom. The summed E-state index contributed by atoms with van der Waals surface area (Å²) in [6, 6.07) is 15.6. The smallest absolute Gasteiger partial charge is 0.253 e. The molecule has 1 aliphatic heterocycles. The van der Waals surface area contributed by atoms with Crippen molar-refractivity contribution in [1.82, 2.24) is 9.88 Å². The van der Waals surface area contributed by atoms with E-state index >= 15 is 0 Å². The lowest BCUT2D eigenvalue weighted by Gasteiger charge is -2.28. The van der Waals surface area contributed by atoms with Gasteiger partial charge in [-0.15, -0.1) is 0 Å². The van der Waals surface area contributed by atoms with Crippen molar-refractivity contribution in [2.24, 2.45) is 0 Å². The zero-order valence-corrected chi connectivity index (χ0v) is 18.6. The molecule has 1 fully saturated rings. The van der Waals surface area contributed by atoms with Crippen LogP contribution in [0.2, 0.25) is 0 Å². The summed E-state index contributed by atoms with van der Waals surface area (Å²) in [6.45, 7) is 3.83. The van der Waals surface area contributed by atoms with Crippen molar-refractivity contribution in [3.05, 3.63) is 70.0 Å². The van der Waals surface area contributed by atoms with Crippen LogP contribution in [0, 0.1) is 6.92 Å². The maximum Gasteiger partial charge on any atom is 0.253 e. The van der Waals surface area contributed by atoms with Crippen LogP contribution in [0.4, 0.5) is 5.69 Å². The van der Waals surface area contributed by atoms with Crippen LogP contribution in [0.25, 0.3) is 10.9 Å². The van der Waals surface area contributed by atoms with Crippen molar-refractivity contribution < 1.29 is 9.47 Å². The van der Waals surface area contributed by atoms with Gasteiger partial charge in [0, 0.05) is 35.3 Å². The number of ether oxygens (including phenoxy) is 2. The average molecular weight is 438 g/mol. The van der Waals surface area contributed by atoms with E-state index in [0.29, 0.717) is 23.8 Å². The van der Waals surface area contributed by atoms with Gasteiger partial charge in [0.1, 0.15) is 5.75 Å². The molecule has 31 heavy (non-hydrogen) atoms. The molecule has 0 bridgehead atoms. The number of benzene rings is 2. The van der Waals surface area contributed by atoms with Crippen LogP contribution in [-0.4, -0.2) is 41.4 Å². The first-order chi connectivity index (χ1) is 15.0. The number of fused-ring (bicyclic) bond motifs is 1. The number of methoxy groups -OCH3 is 1. The summed E-state index contributed by atoms with van der Waals surface area (Å²) in [7, 11) is 1.63. The standard InChI is InChI=1S/C24H27N3O3S/c1-16-5-3-6-19(11-16)25-24(31)27(15-21-7-4-10-30-21)14-18-12-17-13-20(29-2)8-9-22(17)26-23(18)28/h3,5-6,8-9,11-13,21H,4,7,10,14-15H2,1-2H3,(H,25,31)(H,26,28)/t21-/m0/s1. The molecule has 1 atom stereocenters. The number of hydrogen-bond acceptors (Lipinski definition) is 4. The minimum Gasteiger partial charge on any atom is -0.497 e. The van der Waals surface area contributed by atoms with Crippen LogP contribution in [0.1, 0.15) is 24.0 Å². The predicted molar refractivity (Wildman–Crippen MR) is 128 cm³/mol. The van der Waals surface area contributed by atoms with E-state index < -0.39 is 0 Å². The summed E-state index contributed by atoms with van der Waals surface area (Å²) in [5, 5.41) is 4.82. The van der Waals surface area contributed by atoms with Gasteiger partial charge >= 0.3 is 0 Å². The molecule has 0 amide bonds. The summed E-state index contributed by atoms with van der Waals surface area (Å²) >= 11 is 5.74. The Morgan fingerprint density at radius 3 is 2.90 bits per heavy atom. The highest BCUT2D eigenvalue weighted by Gasteiger charge is 2.22. The molecule has 1 saturated heterocycles. The number of rotatable bonds is 6. The Bertz CT molecular complexity index is 1140. The Hall–Kier alpha value is -2.90. The molecular weight excluding hydrogens is 410 g/mol. The third-order valence-electron chi connectivity index (χ3n) is 5.49. The summed E-state index contributed by atoms with van der Waals surface area (Å²) in [5.74, 6) is 0.748. The maximum absolute atomic E-state index is 12.8. The van der Waals surface area contributed by atoms with Crippen LogP contribution in [0.5, 0.6) is 5.75 Å². The molecule has 0 saturated carbocycles. The number of nitrogens with zero attached hydrogens (tertiary/aromatic N) is 1. The number of nitrogens with one attached hydrogen (secondary N) is 2. The number of H-pyrrole nitrogens is 1. The fraction of sp³-hybridized carbons (Fsp3) is 0.333. The zero-order valence-electron chi connectivity index (χ0n) is 17.8. The van der Waals surface area contributed by atoms with Crippen LogP contribution in [-0.2, 0) is 11.3 Å². The lowest BCUT2D eigenvalue weighted by Crippen LogP contribution is -2.40. The molecule has 1 aromatic heterocycles. The number of hydrogen-bond donors (Lipinski definition) is 2. The van der Waals surface area contributed by atoms with Gasteiger partial charge in [-0.2, -0.15) is 0 Å². The van der Waals surface area contributed by atoms with Gasteiger partial charge in [0.25, 0.3) is 5.56 Å². The molecule has 0 aliphatic carbocycles. The van der Waals surface area contributed by atoms with E-state index in [1.807, 2.05) is 60.4 Å². The molecule has 0 unspecified atom stereocenters. The van der Waals surface area contributed by atoms with Gasteiger partial charge in [-0.3, -0.25) is 4.79 Å². The highest BCUT2D eigenvalue weighted by Crippen LogP contribution is 2.21. The highest BCUT2D eigenvalue weighted by molar-refractivity contribution is 7.80. The van der Waals surface area contributed by atoms with Crippen molar-refractivity contribution in [2.75, 3.05) is 25.6 Å². The zero-order chi connectivity index (χ0) is 21.8. The molecule has 1 aliphatic rings. The number of pyridine rings is 1. The summed E-state index contributed by atoms with van der Waals surface area (Å²) < 4.78 is 11.2. The Labute approximate surface area is 187 Å². The van der Waals surface area contributed by atoms with E-state index in [2.05, 4.69) is 10.3 Å². The molecule has 0 spiro atoms. The molecule has 3 aromatic rings. The second-order valence-electron chi connectivity index (χ2n) is 7.89. The Morgan fingerprint density at radius 2 is 2.16 bits per heavy atom. The third kappa shape index (κ3) is 5.24. The second kappa shape index (κ2) is 9.49. The Kier molecular flexibility index (Phi) is 6.53. The third-order valence-corrected chi connectivity index (χ3v) is 5.85. The van der Waals surface area contributed by atoms with Crippen LogP contribution < -0.4 is 15.6 Å². The quantitative estimate of drug-likeness (QED) is 0.563.